The molecule has 4 aliphatic rings. The lowest BCUT2D eigenvalue weighted by Gasteiger charge is -2.44. The van der Waals surface area contributed by atoms with Gasteiger partial charge in [-0.3, -0.25) is 9.59 Å². The van der Waals surface area contributed by atoms with E-state index >= 15 is 0 Å². The molecule has 4 rings (SSSR count). The Balaban J connectivity index is 1.19. The van der Waals surface area contributed by atoms with Gasteiger partial charge in [0, 0.05) is 18.4 Å². The number of carboxylic acids is 1. The molecule has 1 heterocycles. The molecule has 7 atom stereocenters. The van der Waals surface area contributed by atoms with E-state index in [9.17, 15) is 19.8 Å². The monoisotopic (exact) mass is 507 g/mol. The molecule has 0 aromatic rings. The highest BCUT2D eigenvalue weighted by atomic mass is 16.6. The SMILES string of the molecule is CC1CCC2C(CO1)C(C(C)C(O)OCC1CCC(C(=O)NCC3(C(=O)O)CCC3)CC1)CC[C@H]2C. The largest absolute Gasteiger partial charge is 0.481 e. The van der Waals surface area contributed by atoms with Crippen LogP contribution >= 0.6 is 0 Å². The van der Waals surface area contributed by atoms with Crippen molar-refractivity contribution in [2.75, 3.05) is 19.8 Å². The summed E-state index contributed by atoms with van der Waals surface area (Å²) < 4.78 is 12.2. The minimum atomic E-state index is -0.790. The highest BCUT2D eigenvalue weighted by Crippen LogP contribution is 2.47. The zero-order valence-electron chi connectivity index (χ0n) is 22.6. The number of fused-ring (bicyclic) bond motifs is 1. The third-order valence-electron chi connectivity index (χ3n) is 10.5. The van der Waals surface area contributed by atoms with Crippen LogP contribution in [0.3, 0.4) is 0 Å². The van der Waals surface area contributed by atoms with Gasteiger partial charge in [-0.1, -0.05) is 26.7 Å². The summed E-state index contributed by atoms with van der Waals surface area (Å²) in [5.74, 6) is 1.93. The number of hydrogen-bond acceptors (Lipinski definition) is 5. The van der Waals surface area contributed by atoms with Gasteiger partial charge in [0.1, 0.15) is 0 Å². The van der Waals surface area contributed by atoms with Crippen LogP contribution in [0.15, 0.2) is 0 Å². The fourth-order valence-corrected chi connectivity index (χ4v) is 7.47. The maximum atomic E-state index is 12.6. The molecular weight excluding hydrogens is 458 g/mol. The molecule has 1 amide bonds. The van der Waals surface area contributed by atoms with E-state index in [0.29, 0.717) is 49.2 Å². The first-order valence-electron chi connectivity index (χ1n) is 14.6. The molecule has 3 N–H and O–H groups in total. The molecule has 0 bridgehead atoms. The number of hydrogen-bond donors (Lipinski definition) is 3. The maximum absolute atomic E-state index is 12.6. The number of aliphatic hydroxyl groups is 1. The van der Waals surface area contributed by atoms with Gasteiger partial charge < -0.3 is 25.0 Å². The molecular formula is C29H49NO6. The number of carbonyl (C=O) groups is 2. The summed E-state index contributed by atoms with van der Waals surface area (Å²) in [5.41, 5.74) is -0.745. The fourth-order valence-electron chi connectivity index (χ4n) is 7.47. The van der Waals surface area contributed by atoms with Crippen molar-refractivity contribution in [3.8, 4) is 0 Å². The van der Waals surface area contributed by atoms with Gasteiger partial charge in [0.2, 0.25) is 5.91 Å². The molecule has 6 unspecified atom stereocenters. The molecule has 36 heavy (non-hydrogen) atoms. The number of aliphatic carboxylic acids is 1. The predicted octanol–water partition coefficient (Wildman–Crippen LogP) is 4.61. The number of aliphatic hydroxyl groups excluding tert-OH is 1. The molecule has 1 saturated heterocycles. The Hall–Kier alpha value is -1.18. The van der Waals surface area contributed by atoms with Gasteiger partial charge in [-0.15, -0.1) is 0 Å². The third kappa shape index (κ3) is 6.27. The molecule has 1 aliphatic heterocycles. The summed E-state index contributed by atoms with van der Waals surface area (Å²) in [4.78, 5) is 24.2. The lowest BCUT2D eigenvalue weighted by Crippen LogP contribution is -2.49. The normalized spacial score (nSPS) is 38.1. The summed E-state index contributed by atoms with van der Waals surface area (Å²) in [7, 11) is 0. The van der Waals surface area contributed by atoms with Crippen molar-refractivity contribution in [1.29, 1.82) is 0 Å². The molecule has 7 nitrogen and oxygen atoms in total. The van der Waals surface area contributed by atoms with E-state index in [0.717, 1.165) is 57.5 Å². The first kappa shape index (κ1) is 27.8. The van der Waals surface area contributed by atoms with Crippen molar-refractivity contribution in [3.63, 3.8) is 0 Å². The van der Waals surface area contributed by atoms with Crippen LogP contribution in [0.25, 0.3) is 0 Å². The Morgan fingerprint density at radius 3 is 2.39 bits per heavy atom. The van der Waals surface area contributed by atoms with Crippen LogP contribution in [-0.2, 0) is 19.1 Å². The lowest BCUT2D eigenvalue weighted by atomic mass is 9.62. The quantitative estimate of drug-likeness (QED) is 0.394. The van der Waals surface area contributed by atoms with Crippen LogP contribution in [0.4, 0.5) is 0 Å². The Kier molecular flexibility index (Phi) is 9.38. The first-order valence-corrected chi connectivity index (χ1v) is 14.6. The minimum Gasteiger partial charge on any atom is -0.481 e. The molecule has 0 spiro atoms. The summed E-state index contributed by atoms with van der Waals surface area (Å²) in [6.07, 6.45) is 9.90. The zero-order valence-corrected chi connectivity index (χ0v) is 22.6. The fraction of sp³-hybridized carbons (Fsp3) is 0.931. The predicted molar refractivity (Wildman–Crippen MR) is 137 cm³/mol. The summed E-state index contributed by atoms with van der Waals surface area (Å²) in [6.45, 7) is 8.29. The smallest absolute Gasteiger partial charge is 0.311 e. The van der Waals surface area contributed by atoms with E-state index < -0.39 is 17.7 Å². The van der Waals surface area contributed by atoms with Gasteiger partial charge in [0.25, 0.3) is 0 Å². The molecule has 4 fully saturated rings. The maximum Gasteiger partial charge on any atom is 0.311 e. The van der Waals surface area contributed by atoms with Gasteiger partial charge in [0.15, 0.2) is 6.29 Å². The highest BCUT2D eigenvalue weighted by Gasteiger charge is 2.45. The van der Waals surface area contributed by atoms with Crippen LogP contribution in [-0.4, -0.2) is 54.2 Å². The van der Waals surface area contributed by atoms with Crippen LogP contribution in [0, 0.1) is 46.8 Å². The first-order chi connectivity index (χ1) is 17.2. The van der Waals surface area contributed by atoms with Crippen molar-refractivity contribution in [2.45, 2.75) is 104 Å². The average Bonchev–Trinajstić information content (AvgIpc) is 3.04. The second-order valence-electron chi connectivity index (χ2n) is 12.7. The number of ether oxygens (including phenoxy) is 2. The number of carboxylic acid groups (broad SMARTS) is 1. The van der Waals surface area contributed by atoms with E-state index in [1.54, 1.807) is 0 Å². The van der Waals surface area contributed by atoms with Crippen LogP contribution in [0.5, 0.6) is 0 Å². The summed E-state index contributed by atoms with van der Waals surface area (Å²) >= 11 is 0. The molecule has 3 aliphatic carbocycles. The number of rotatable bonds is 9. The number of nitrogens with one attached hydrogen (secondary N) is 1. The molecule has 206 valence electrons. The van der Waals surface area contributed by atoms with E-state index in [1.165, 1.54) is 12.8 Å². The van der Waals surface area contributed by atoms with Crippen molar-refractivity contribution in [3.05, 3.63) is 0 Å². The standard InChI is InChI=1S/C29H49NO6/c1-18-5-11-24(25-16-35-19(2)6-12-23(18)25)20(3)27(32)36-15-21-7-9-22(10-8-21)26(31)30-17-29(28(33)34)13-4-14-29/h18-25,27,32H,4-17H2,1-3H3,(H,30,31)(H,33,34)/t18-,19?,20?,21?,22?,23?,24?,25?,27?/m1/s1. The number of carbonyl (C=O) groups excluding carboxylic acids is 1. The Bertz CT molecular complexity index is 746. The second kappa shape index (κ2) is 12.1. The molecule has 3 saturated carbocycles. The molecule has 0 radical (unpaired) electrons. The molecule has 0 aromatic heterocycles. The van der Waals surface area contributed by atoms with Crippen LogP contribution in [0.1, 0.15) is 91.4 Å². The van der Waals surface area contributed by atoms with Gasteiger partial charge >= 0.3 is 5.97 Å². The van der Waals surface area contributed by atoms with Gasteiger partial charge in [-0.05, 0) is 94.3 Å². The number of amides is 1. The Morgan fingerprint density at radius 1 is 1.03 bits per heavy atom. The van der Waals surface area contributed by atoms with Crippen LogP contribution in [0.2, 0.25) is 0 Å². The van der Waals surface area contributed by atoms with E-state index in [1.807, 2.05) is 0 Å². The van der Waals surface area contributed by atoms with Crippen LogP contribution < -0.4 is 5.32 Å². The topological polar surface area (TPSA) is 105 Å². The second-order valence-corrected chi connectivity index (χ2v) is 12.7. The van der Waals surface area contributed by atoms with Gasteiger partial charge in [0.05, 0.1) is 24.7 Å². The van der Waals surface area contributed by atoms with Gasteiger partial charge in [-0.25, -0.2) is 0 Å². The van der Waals surface area contributed by atoms with Crippen molar-refractivity contribution < 1.29 is 29.3 Å². The van der Waals surface area contributed by atoms with Crippen molar-refractivity contribution >= 4 is 11.9 Å². The average molecular weight is 508 g/mol. The van der Waals surface area contributed by atoms with E-state index in [-0.39, 0.29) is 24.3 Å². The third-order valence-corrected chi connectivity index (χ3v) is 10.5. The van der Waals surface area contributed by atoms with Crippen molar-refractivity contribution in [2.24, 2.45) is 46.8 Å². The minimum absolute atomic E-state index is 0.00318. The zero-order chi connectivity index (χ0) is 25.9. The Morgan fingerprint density at radius 2 is 1.75 bits per heavy atom. The molecule has 0 aromatic carbocycles. The highest BCUT2D eigenvalue weighted by molar-refractivity contribution is 5.81. The van der Waals surface area contributed by atoms with E-state index in [2.05, 4.69) is 26.1 Å². The van der Waals surface area contributed by atoms with Gasteiger partial charge in [-0.2, -0.15) is 0 Å². The summed E-state index contributed by atoms with van der Waals surface area (Å²) in [5, 5.41) is 23.4. The summed E-state index contributed by atoms with van der Waals surface area (Å²) in [6, 6.07) is 0. The lowest BCUT2D eigenvalue weighted by molar-refractivity contribution is -0.166. The van der Waals surface area contributed by atoms with E-state index in [4.69, 9.17) is 9.47 Å². The molecule has 7 heteroatoms. The Labute approximate surface area is 217 Å². The van der Waals surface area contributed by atoms with Crippen molar-refractivity contribution in [1.82, 2.24) is 5.32 Å².